The van der Waals surface area contributed by atoms with Crippen LogP contribution in [-0.2, 0) is 4.79 Å². The molecule has 0 radical (unpaired) electrons. The monoisotopic (exact) mass is 210 g/mol. The van der Waals surface area contributed by atoms with E-state index in [0.717, 1.165) is 0 Å². The predicted molar refractivity (Wildman–Crippen MR) is 50.6 cm³/mol. The molecular formula is C10H10O5. The highest BCUT2D eigenvalue weighted by Crippen LogP contribution is 2.16. The number of aliphatic hydroxyl groups excluding tert-OH is 1. The quantitative estimate of drug-likeness (QED) is 0.686. The van der Waals surface area contributed by atoms with Gasteiger partial charge in [-0.2, -0.15) is 0 Å². The Morgan fingerprint density at radius 2 is 1.67 bits per heavy atom. The van der Waals surface area contributed by atoms with E-state index >= 15 is 0 Å². The lowest BCUT2D eigenvalue weighted by Gasteiger charge is -2.07. The zero-order valence-electron chi connectivity index (χ0n) is 7.75. The van der Waals surface area contributed by atoms with E-state index in [0.29, 0.717) is 5.56 Å². The van der Waals surface area contributed by atoms with Crippen LogP contribution < -0.4 is 0 Å². The lowest BCUT2D eigenvalue weighted by molar-refractivity contribution is -0.139. The van der Waals surface area contributed by atoms with Gasteiger partial charge in [0, 0.05) is 0 Å². The number of hydrogen-bond acceptors (Lipinski definition) is 3. The first kappa shape index (κ1) is 11.2. The van der Waals surface area contributed by atoms with Crippen LogP contribution in [0, 0.1) is 0 Å². The van der Waals surface area contributed by atoms with Crippen LogP contribution in [0.15, 0.2) is 24.3 Å². The van der Waals surface area contributed by atoms with Gasteiger partial charge in [-0.05, 0) is 17.7 Å². The summed E-state index contributed by atoms with van der Waals surface area (Å²) in [7, 11) is 0. The van der Waals surface area contributed by atoms with E-state index in [1.54, 1.807) is 0 Å². The molecule has 5 heteroatoms. The molecule has 1 atom stereocenters. The highest BCUT2D eigenvalue weighted by molar-refractivity contribution is 5.87. The minimum absolute atomic E-state index is 0.0984. The first-order valence-corrected chi connectivity index (χ1v) is 4.24. The number of benzene rings is 1. The van der Waals surface area contributed by atoms with Crippen molar-refractivity contribution < 1.29 is 24.9 Å². The van der Waals surface area contributed by atoms with E-state index in [4.69, 9.17) is 10.2 Å². The Morgan fingerprint density at radius 3 is 2.07 bits per heavy atom. The molecule has 1 rings (SSSR count). The molecule has 0 amide bonds. The van der Waals surface area contributed by atoms with Crippen LogP contribution in [0.4, 0.5) is 0 Å². The van der Waals surface area contributed by atoms with Gasteiger partial charge in [-0.1, -0.05) is 12.1 Å². The molecule has 3 N–H and O–H groups in total. The summed E-state index contributed by atoms with van der Waals surface area (Å²) in [4.78, 5) is 20.8. The Hall–Kier alpha value is -1.88. The number of carboxylic acids is 2. The second kappa shape index (κ2) is 4.56. The maximum atomic E-state index is 10.5. The molecule has 0 saturated carbocycles. The molecule has 0 fully saturated rings. The minimum atomic E-state index is -1.11. The first-order chi connectivity index (χ1) is 7.00. The zero-order valence-corrected chi connectivity index (χ0v) is 7.75. The third kappa shape index (κ3) is 3.07. The number of aliphatic carboxylic acids is 1. The number of rotatable bonds is 4. The maximum Gasteiger partial charge on any atom is 0.335 e. The van der Waals surface area contributed by atoms with E-state index in [9.17, 15) is 14.7 Å². The average Bonchev–Trinajstić information content (AvgIpc) is 2.17. The standard InChI is InChI=1S/C10H10O5/c11-8(5-9(12)13)6-1-3-7(4-2-6)10(14)15/h1-4,8,11H,5H2,(H,12,13)(H,14,15). The Balaban J connectivity index is 2.79. The third-order valence-electron chi connectivity index (χ3n) is 1.91. The highest BCUT2D eigenvalue weighted by Gasteiger charge is 2.12. The van der Waals surface area contributed by atoms with Gasteiger partial charge in [0.05, 0.1) is 18.1 Å². The van der Waals surface area contributed by atoms with Gasteiger partial charge < -0.3 is 15.3 Å². The van der Waals surface area contributed by atoms with Gasteiger partial charge in [-0.15, -0.1) is 0 Å². The summed E-state index contributed by atoms with van der Waals surface area (Å²) in [6, 6.07) is 5.44. The van der Waals surface area contributed by atoms with E-state index in [1.165, 1.54) is 24.3 Å². The molecule has 1 aromatic carbocycles. The first-order valence-electron chi connectivity index (χ1n) is 4.24. The Kier molecular flexibility index (Phi) is 3.41. The van der Waals surface area contributed by atoms with Crippen LogP contribution in [0.3, 0.4) is 0 Å². The summed E-state index contributed by atoms with van der Waals surface area (Å²) in [5, 5.41) is 26.4. The Labute approximate surface area is 85.6 Å². The van der Waals surface area contributed by atoms with Crippen molar-refractivity contribution >= 4 is 11.9 Å². The van der Waals surface area contributed by atoms with Gasteiger partial charge in [-0.3, -0.25) is 4.79 Å². The van der Waals surface area contributed by atoms with Gasteiger partial charge in [0.15, 0.2) is 0 Å². The molecule has 0 aliphatic rings. The second-order valence-electron chi connectivity index (χ2n) is 3.04. The number of aliphatic hydroxyl groups is 1. The van der Waals surface area contributed by atoms with Gasteiger partial charge in [0.1, 0.15) is 0 Å². The smallest absolute Gasteiger partial charge is 0.335 e. The summed E-state index contributed by atoms with van der Waals surface area (Å²) in [5.74, 6) is -2.17. The molecule has 0 aliphatic carbocycles. The summed E-state index contributed by atoms with van der Waals surface area (Å²) >= 11 is 0. The zero-order chi connectivity index (χ0) is 11.4. The number of aromatic carboxylic acids is 1. The number of carboxylic acid groups (broad SMARTS) is 2. The maximum absolute atomic E-state index is 10.5. The summed E-state index contributed by atoms with van der Waals surface area (Å²) < 4.78 is 0. The third-order valence-corrected chi connectivity index (χ3v) is 1.91. The molecule has 0 aromatic heterocycles. The van der Waals surface area contributed by atoms with Crippen molar-refractivity contribution in [3.8, 4) is 0 Å². The molecule has 0 spiro atoms. The van der Waals surface area contributed by atoms with Crippen LogP contribution >= 0.6 is 0 Å². The van der Waals surface area contributed by atoms with Crippen molar-refractivity contribution in [3.63, 3.8) is 0 Å². The normalized spacial score (nSPS) is 12.1. The van der Waals surface area contributed by atoms with Crippen molar-refractivity contribution in [2.45, 2.75) is 12.5 Å². The largest absolute Gasteiger partial charge is 0.481 e. The van der Waals surface area contributed by atoms with Crippen LogP contribution in [0.2, 0.25) is 0 Å². The van der Waals surface area contributed by atoms with Gasteiger partial charge in [-0.25, -0.2) is 4.79 Å². The van der Waals surface area contributed by atoms with E-state index in [-0.39, 0.29) is 5.56 Å². The molecule has 80 valence electrons. The Bertz CT molecular complexity index is 368. The van der Waals surface area contributed by atoms with Crippen molar-refractivity contribution in [3.05, 3.63) is 35.4 Å². The van der Waals surface area contributed by atoms with Crippen LogP contribution in [-0.4, -0.2) is 27.3 Å². The van der Waals surface area contributed by atoms with E-state index < -0.39 is 24.5 Å². The van der Waals surface area contributed by atoms with E-state index in [1.807, 2.05) is 0 Å². The second-order valence-corrected chi connectivity index (χ2v) is 3.04. The van der Waals surface area contributed by atoms with E-state index in [2.05, 4.69) is 0 Å². The highest BCUT2D eigenvalue weighted by atomic mass is 16.4. The molecule has 0 bridgehead atoms. The lowest BCUT2D eigenvalue weighted by atomic mass is 10.0. The molecule has 15 heavy (non-hydrogen) atoms. The fraction of sp³-hybridized carbons (Fsp3) is 0.200. The minimum Gasteiger partial charge on any atom is -0.481 e. The fourth-order valence-electron chi connectivity index (χ4n) is 1.13. The summed E-state index contributed by atoms with van der Waals surface area (Å²) in [6.07, 6.45) is -1.50. The number of hydrogen-bond donors (Lipinski definition) is 3. The summed E-state index contributed by atoms with van der Waals surface area (Å²) in [5.41, 5.74) is 0.490. The molecular weight excluding hydrogens is 200 g/mol. The topological polar surface area (TPSA) is 94.8 Å². The molecule has 5 nitrogen and oxygen atoms in total. The van der Waals surface area contributed by atoms with Crippen molar-refractivity contribution in [2.75, 3.05) is 0 Å². The predicted octanol–water partition coefficient (Wildman–Crippen LogP) is 0.893. The fourth-order valence-corrected chi connectivity index (χ4v) is 1.13. The van der Waals surface area contributed by atoms with Crippen LogP contribution in [0.25, 0.3) is 0 Å². The molecule has 0 saturated heterocycles. The van der Waals surface area contributed by atoms with Gasteiger partial charge in [0.2, 0.25) is 0 Å². The van der Waals surface area contributed by atoms with Crippen LogP contribution in [0.1, 0.15) is 28.4 Å². The van der Waals surface area contributed by atoms with Crippen molar-refractivity contribution in [1.29, 1.82) is 0 Å². The Morgan fingerprint density at radius 1 is 1.13 bits per heavy atom. The SMILES string of the molecule is O=C(O)CC(O)c1ccc(C(=O)O)cc1. The molecule has 0 aliphatic heterocycles. The van der Waals surface area contributed by atoms with Crippen molar-refractivity contribution in [1.82, 2.24) is 0 Å². The molecule has 1 unspecified atom stereocenters. The van der Waals surface area contributed by atoms with Gasteiger partial charge in [0.25, 0.3) is 0 Å². The van der Waals surface area contributed by atoms with Gasteiger partial charge >= 0.3 is 11.9 Å². The summed E-state index contributed by atoms with van der Waals surface area (Å²) in [6.45, 7) is 0. The number of carbonyl (C=O) groups is 2. The van der Waals surface area contributed by atoms with Crippen molar-refractivity contribution in [2.24, 2.45) is 0 Å². The van der Waals surface area contributed by atoms with Crippen LogP contribution in [0.5, 0.6) is 0 Å². The average molecular weight is 210 g/mol. The molecule has 0 heterocycles. The molecule has 1 aromatic rings. The lowest BCUT2D eigenvalue weighted by Crippen LogP contribution is -2.05.